The maximum Gasteiger partial charge on any atom is 0.420 e. The Hall–Kier alpha value is -1.99. The molecule has 2 aromatic rings. The minimum atomic E-state index is -1.98. The molecule has 7 heteroatoms. The molecule has 1 heterocycles. The van der Waals surface area contributed by atoms with E-state index in [1.54, 1.807) is 52.0 Å². The smallest absolute Gasteiger partial charge is 0.420 e. The first kappa shape index (κ1) is 17.4. The molecule has 0 aliphatic rings. The van der Waals surface area contributed by atoms with Crippen LogP contribution in [0.1, 0.15) is 39.7 Å². The van der Waals surface area contributed by atoms with Crippen LogP contribution in [0.15, 0.2) is 24.3 Å². The Labute approximate surface area is 133 Å². The second kappa shape index (κ2) is 6.64. The molecule has 0 spiro atoms. The van der Waals surface area contributed by atoms with Gasteiger partial charge in [0.25, 0.3) is 0 Å². The van der Waals surface area contributed by atoms with E-state index in [4.69, 9.17) is 9.47 Å². The summed E-state index contributed by atoms with van der Waals surface area (Å²) in [6.45, 7) is 6.91. The summed E-state index contributed by atoms with van der Waals surface area (Å²) < 4.78 is 25.8. The topological polar surface area (TPSA) is 73.6 Å². The van der Waals surface area contributed by atoms with Gasteiger partial charge in [-0.25, -0.2) is 18.7 Å². The largest absolute Gasteiger partial charge is 0.443 e. The molecule has 1 N–H and O–H groups in total. The van der Waals surface area contributed by atoms with Crippen LogP contribution >= 0.6 is 0 Å². The number of para-hydroxylation sites is 2. The van der Waals surface area contributed by atoms with Crippen molar-refractivity contribution in [1.82, 2.24) is 9.55 Å². The van der Waals surface area contributed by atoms with E-state index in [1.807, 2.05) is 0 Å². The van der Waals surface area contributed by atoms with E-state index in [0.717, 1.165) is 4.57 Å². The van der Waals surface area contributed by atoms with E-state index < -0.39 is 24.2 Å². The van der Waals surface area contributed by atoms with Gasteiger partial charge >= 0.3 is 6.09 Å². The highest BCUT2D eigenvalue weighted by Crippen LogP contribution is 2.27. The van der Waals surface area contributed by atoms with Crippen molar-refractivity contribution in [2.24, 2.45) is 0 Å². The minimum Gasteiger partial charge on any atom is -0.443 e. The number of halogens is 1. The van der Waals surface area contributed by atoms with E-state index in [9.17, 15) is 14.3 Å². The second-order valence-corrected chi connectivity index (χ2v) is 6.02. The maximum atomic E-state index is 14.5. The van der Waals surface area contributed by atoms with Crippen LogP contribution < -0.4 is 0 Å². The number of fused-ring (bicyclic) bond motifs is 1. The molecule has 0 saturated carbocycles. The van der Waals surface area contributed by atoms with Crippen molar-refractivity contribution in [3.05, 3.63) is 30.1 Å². The van der Waals surface area contributed by atoms with E-state index in [1.165, 1.54) is 0 Å². The van der Waals surface area contributed by atoms with Gasteiger partial charge < -0.3 is 14.6 Å². The van der Waals surface area contributed by atoms with Crippen LogP contribution in [0.2, 0.25) is 0 Å². The molecule has 0 amide bonds. The summed E-state index contributed by atoms with van der Waals surface area (Å²) in [7, 11) is 0. The molecular weight excluding hydrogens is 303 g/mol. The fraction of sp³-hybridized carbons (Fsp3) is 0.500. The van der Waals surface area contributed by atoms with E-state index in [0.29, 0.717) is 11.0 Å². The highest BCUT2D eigenvalue weighted by molar-refractivity contribution is 5.87. The van der Waals surface area contributed by atoms with Crippen LogP contribution in [0, 0.1) is 0 Å². The van der Waals surface area contributed by atoms with Gasteiger partial charge in [0.2, 0.25) is 6.17 Å². The summed E-state index contributed by atoms with van der Waals surface area (Å²) in [4.78, 5) is 16.6. The molecule has 0 aliphatic carbocycles. The van der Waals surface area contributed by atoms with Gasteiger partial charge in [-0.15, -0.1) is 0 Å². The van der Waals surface area contributed by atoms with Gasteiger partial charge in [0.15, 0.2) is 12.1 Å². The molecule has 23 heavy (non-hydrogen) atoms. The molecule has 0 aliphatic heterocycles. The first-order chi connectivity index (χ1) is 10.7. The molecule has 0 radical (unpaired) electrons. The Morgan fingerprint density at radius 2 is 2.04 bits per heavy atom. The third-order valence-electron chi connectivity index (χ3n) is 3.00. The predicted molar refractivity (Wildman–Crippen MR) is 82.8 cm³/mol. The third-order valence-corrected chi connectivity index (χ3v) is 3.00. The molecule has 0 bridgehead atoms. The fourth-order valence-corrected chi connectivity index (χ4v) is 2.11. The van der Waals surface area contributed by atoms with E-state index >= 15 is 0 Å². The van der Waals surface area contributed by atoms with Crippen LogP contribution in [-0.2, 0) is 9.47 Å². The number of rotatable bonds is 4. The molecule has 2 unspecified atom stereocenters. The average molecular weight is 324 g/mol. The monoisotopic (exact) mass is 324 g/mol. The molecule has 126 valence electrons. The lowest BCUT2D eigenvalue weighted by Crippen LogP contribution is -2.30. The number of nitrogens with zero attached hydrogens (tertiary/aromatic N) is 2. The van der Waals surface area contributed by atoms with Crippen LogP contribution in [0.5, 0.6) is 0 Å². The molecule has 0 fully saturated rings. The van der Waals surface area contributed by atoms with Gasteiger partial charge in [0.05, 0.1) is 11.0 Å². The van der Waals surface area contributed by atoms with Gasteiger partial charge in [-0.2, -0.15) is 0 Å². The van der Waals surface area contributed by atoms with Crippen LogP contribution in [0.25, 0.3) is 11.0 Å². The Balaban J connectivity index is 2.51. The molecule has 6 nitrogen and oxygen atoms in total. The number of hydrogen-bond donors (Lipinski definition) is 1. The Bertz CT molecular complexity index is 693. The van der Waals surface area contributed by atoms with Gasteiger partial charge in [-0.3, -0.25) is 0 Å². The lowest BCUT2D eigenvalue weighted by molar-refractivity contribution is -0.140. The van der Waals surface area contributed by atoms with Crippen molar-refractivity contribution in [3.63, 3.8) is 0 Å². The summed E-state index contributed by atoms with van der Waals surface area (Å²) in [5, 5.41) is 9.73. The van der Waals surface area contributed by atoms with Crippen LogP contribution in [0.3, 0.4) is 0 Å². The van der Waals surface area contributed by atoms with Gasteiger partial charge in [0, 0.05) is 6.61 Å². The standard InChI is InChI=1S/C16H21FN2O4/c1-5-22-14(20)12(17)13-18-10-8-6-7-9-11(10)19(13)15(21)23-16(2,3)4/h6-9,12,14,20H,5H2,1-4H3. The number of aliphatic hydroxyl groups excluding tert-OH is 1. The number of carbonyl (C=O) groups is 1. The number of alkyl halides is 1. The first-order valence-corrected chi connectivity index (χ1v) is 7.39. The van der Waals surface area contributed by atoms with Crippen molar-refractivity contribution >= 4 is 17.1 Å². The second-order valence-electron chi connectivity index (χ2n) is 6.02. The number of imidazole rings is 1. The first-order valence-electron chi connectivity index (χ1n) is 7.39. The van der Waals surface area contributed by atoms with Gasteiger partial charge in [0.1, 0.15) is 5.60 Å². The number of aromatic nitrogens is 2. The highest BCUT2D eigenvalue weighted by Gasteiger charge is 2.31. The zero-order valence-corrected chi connectivity index (χ0v) is 13.6. The predicted octanol–water partition coefficient (Wildman–Crippen LogP) is 3.19. The number of aliphatic hydroxyl groups is 1. The van der Waals surface area contributed by atoms with Gasteiger partial charge in [-0.05, 0) is 39.8 Å². The summed E-state index contributed by atoms with van der Waals surface area (Å²) in [5.74, 6) is -0.249. The SMILES string of the molecule is CCOC(O)C(F)c1nc2ccccc2n1C(=O)OC(C)(C)C. The molecule has 0 saturated heterocycles. The number of carbonyl (C=O) groups excluding carboxylic acids is 1. The van der Waals surface area contributed by atoms with Crippen LogP contribution in [-0.4, -0.2) is 39.2 Å². The summed E-state index contributed by atoms with van der Waals surface area (Å²) >= 11 is 0. The zero-order valence-electron chi connectivity index (χ0n) is 13.6. The number of ether oxygens (including phenoxy) is 2. The van der Waals surface area contributed by atoms with Crippen molar-refractivity contribution in [3.8, 4) is 0 Å². The highest BCUT2D eigenvalue weighted by atomic mass is 19.1. The average Bonchev–Trinajstić information content (AvgIpc) is 2.84. The van der Waals surface area contributed by atoms with E-state index in [2.05, 4.69) is 4.98 Å². The minimum absolute atomic E-state index is 0.133. The summed E-state index contributed by atoms with van der Waals surface area (Å²) in [6.07, 6.45) is -4.44. The van der Waals surface area contributed by atoms with E-state index in [-0.39, 0.29) is 12.4 Å². The normalized spacial score (nSPS) is 14.7. The summed E-state index contributed by atoms with van der Waals surface area (Å²) in [6, 6.07) is 6.72. The fourth-order valence-electron chi connectivity index (χ4n) is 2.11. The number of hydrogen-bond acceptors (Lipinski definition) is 5. The van der Waals surface area contributed by atoms with Crippen molar-refractivity contribution in [2.45, 2.75) is 45.8 Å². The Kier molecular flexibility index (Phi) is 5.01. The lowest BCUT2D eigenvalue weighted by Gasteiger charge is -2.21. The van der Waals surface area contributed by atoms with Crippen molar-refractivity contribution in [1.29, 1.82) is 0 Å². The molecule has 2 rings (SSSR count). The quantitative estimate of drug-likeness (QED) is 0.874. The maximum absolute atomic E-state index is 14.5. The van der Waals surface area contributed by atoms with Gasteiger partial charge in [-0.1, -0.05) is 12.1 Å². The number of benzene rings is 1. The zero-order chi connectivity index (χ0) is 17.2. The molecular formula is C16H21FN2O4. The van der Waals surface area contributed by atoms with Crippen LogP contribution in [0.4, 0.5) is 9.18 Å². The third kappa shape index (κ3) is 3.86. The van der Waals surface area contributed by atoms with Crippen molar-refractivity contribution < 1.29 is 23.8 Å². The Morgan fingerprint density at radius 3 is 2.65 bits per heavy atom. The molecule has 2 atom stereocenters. The lowest BCUT2D eigenvalue weighted by atomic mass is 10.2. The summed E-state index contributed by atoms with van der Waals surface area (Å²) in [5.41, 5.74) is 0.0900. The Morgan fingerprint density at radius 1 is 1.39 bits per heavy atom. The molecule has 1 aromatic heterocycles. The van der Waals surface area contributed by atoms with Crippen molar-refractivity contribution in [2.75, 3.05) is 6.61 Å². The molecule has 1 aromatic carbocycles.